The summed E-state index contributed by atoms with van der Waals surface area (Å²) in [6, 6.07) is 8.01. The molecule has 9 nitrogen and oxygen atoms in total. The lowest BCUT2D eigenvalue weighted by molar-refractivity contribution is -0.422. The Labute approximate surface area is 151 Å². The van der Waals surface area contributed by atoms with E-state index in [1.165, 1.54) is 0 Å². The van der Waals surface area contributed by atoms with Crippen LogP contribution in [0.2, 0.25) is 0 Å². The Bertz CT molecular complexity index is 842. The van der Waals surface area contributed by atoms with Crippen LogP contribution in [-0.4, -0.2) is 21.2 Å². The summed E-state index contributed by atoms with van der Waals surface area (Å²) < 4.78 is 4.27. The largest absolute Gasteiger partial charge is 0.501 e. The molecular weight excluding hydrogens is 454 g/mol. The highest BCUT2D eigenvalue weighted by atomic mass is 79.9. The first-order valence-corrected chi connectivity index (χ1v) is 7.58. The topological polar surface area (TPSA) is 128 Å². The molecule has 0 spiro atoms. The summed E-state index contributed by atoms with van der Waals surface area (Å²) in [5, 5.41) is 36.3. The first-order valence-electron chi connectivity index (χ1n) is 6.13. The van der Waals surface area contributed by atoms with Crippen molar-refractivity contribution in [1.82, 2.24) is 0 Å². The van der Waals surface area contributed by atoms with Crippen LogP contribution in [0.15, 0.2) is 40.0 Å². The van der Waals surface area contributed by atoms with Gasteiger partial charge in [-0.05, 0) is 21.5 Å². The fourth-order valence-electron chi connectivity index (χ4n) is 2.14. The summed E-state index contributed by atoms with van der Waals surface area (Å²) in [6.45, 7) is 0. The molecule has 0 bridgehead atoms. The van der Waals surface area contributed by atoms with Crippen LogP contribution in [0, 0.1) is 20.2 Å². The number of nitro groups is 2. The fraction of sp³-hybridized carbons (Fsp3) is 0. The van der Waals surface area contributed by atoms with Gasteiger partial charge in [0.15, 0.2) is 0 Å². The lowest BCUT2D eigenvalue weighted by Crippen LogP contribution is -2.04. The van der Waals surface area contributed by atoms with Gasteiger partial charge in [-0.1, -0.05) is 35.5 Å². The average molecular weight is 461 g/mol. The van der Waals surface area contributed by atoms with Gasteiger partial charge in [-0.3, -0.25) is 20.2 Å². The maximum absolute atomic E-state index is 11.5. The molecule has 0 unspecified atom stereocenters. The minimum atomic E-state index is -1.01. The number of aromatic hydroxyl groups is 1. The van der Waals surface area contributed by atoms with Crippen molar-refractivity contribution in [2.24, 2.45) is 5.16 Å². The van der Waals surface area contributed by atoms with Gasteiger partial charge in [-0.2, -0.15) is 0 Å². The maximum Gasteiger partial charge on any atom is 0.389 e. The Kier molecular flexibility index (Phi) is 5.46. The maximum atomic E-state index is 11.5. The van der Waals surface area contributed by atoms with Crippen molar-refractivity contribution < 1.29 is 18.9 Å². The molecule has 124 valence electrons. The Hall–Kier alpha value is -2.53. The molecule has 11 heteroatoms. The number of hydrogen-bond acceptors (Lipinski definition) is 7. The zero-order chi connectivity index (χ0) is 17.9. The predicted octanol–water partition coefficient (Wildman–Crippen LogP) is 4.30. The highest BCUT2D eigenvalue weighted by Crippen LogP contribution is 2.49. The number of phenols is 1. The minimum absolute atomic E-state index is 0.0513. The monoisotopic (exact) mass is 459 g/mol. The zero-order valence-electron chi connectivity index (χ0n) is 11.6. The quantitative estimate of drug-likeness (QED) is 0.402. The molecule has 24 heavy (non-hydrogen) atoms. The summed E-state index contributed by atoms with van der Waals surface area (Å²) >= 11 is 5.62. The second-order valence-electron chi connectivity index (χ2n) is 4.33. The van der Waals surface area contributed by atoms with E-state index in [4.69, 9.17) is 0 Å². The van der Waals surface area contributed by atoms with Crippen LogP contribution in [0.1, 0.15) is 5.56 Å². The minimum Gasteiger partial charge on any atom is -0.501 e. The summed E-state index contributed by atoms with van der Waals surface area (Å²) in [4.78, 5) is 20.8. The van der Waals surface area contributed by atoms with Gasteiger partial charge in [-0.25, -0.2) is 0 Å². The molecule has 0 aromatic heterocycles. The standard InChI is InChI=1S/C13H7Br2N3O6/c14-10-8(6-16-24-15)9(7-4-2-1-3-5-7)11(17(20)21)12(13(10)19)18(22)23/h1-6,19H. The summed E-state index contributed by atoms with van der Waals surface area (Å²) in [7, 11) is 0. The molecular formula is C13H7Br2N3O6. The number of oxime groups is 1. The smallest absolute Gasteiger partial charge is 0.389 e. The summed E-state index contributed by atoms with van der Waals surface area (Å²) in [5.74, 6) is -0.873. The third-order valence-electron chi connectivity index (χ3n) is 3.05. The summed E-state index contributed by atoms with van der Waals surface area (Å²) in [5.41, 5.74) is -1.55. The molecule has 0 radical (unpaired) electrons. The van der Waals surface area contributed by atoms with E-state index >= 15 is 0 Å². The molecule has 0 atom stereocenters. The van der Waals surface area contributed by atoms with Crippen molar-refractivity contribution in [1.29, 1.82) is 0 Å². The van der Waals surface area contributed by atoms with E-state index in [1.54, 1.807) is 30.3 Å². The highest BCUT2D eigenvalue weighted by molar-refractivity contribution is 9.10. The van der Waals surface area contributed by atoms with Crippen molar-refractivity contribution in [3.63, 3.8) is 0 Å². The van der Waals surface area contributed by atoms with Gasteiger partial charge >= 0.3 is 11.4 Å². The average Bonchev–Trinajstić information content (AvgIpc) is 2.55. The summed E-state index contributed by atoms with van der Waals surface area (Å²) in [6.07, 6.45) is 1.08. The molecule has 2 aromatic carbocycles. The van der Waals surface area contributed by atoms with Crippen LogP contribution in [0.3, 0.4) is 0 Å². The second kappa shape index (κ2) is 7.36. The van der Waals surface area contributed by atoms with Gasteiger partial charge in [0.2, 0.25) is 22.0 Å². The third kappa shape index (κ3) is 3.21. The Morgan fingerprint density at radius 2 is 1.71 bits per heavy atom. The first kappa shape index (κ1) is 17.8. The second-order valence-corrected chi connectivity index (χ2v) is 5.41. The molecule has 0 saturated carbocycles. The van der Waals surface area contributed by atoms with Crippen LogP contribution in [0.5, 0.6) is 5.75 Å². The van der Waals surface area contributed by atoms with E-state index in [0.717, 1.165) is 6.21 Å². The van der Waals surface area contributed by atoms with Crippen molar-refractivity contribution >= 4 is 49.8 Å². The molecule has 0 fully saturated rings. The van der Waals surface area contributed by atoms with E-state index in [-0.39, 0.29) is 15.6 Å². The van der Waals surface area contributed by atoms with Gasteiger partial charge in [0.05, 0.1) is 26.1 Å². The molecule has 0 amide bonds. The van der Waals surface area contributed by atoms with Crippen molar-refractivity contribution in [3.05, 3.63) is 60.6 Å². The Balaban J connectivity index is 3.03. The number of benzene rings is 2. The lowest BCUT2D eigenvalue weighted by atomic mass is 9.96. The highest BCUT2D eigenvalue weighted by Gasteiger charge is 2.38. The SMILES string of the molecule is O=[N+]([O-])c1c(O)c(Br)c(C=NOBr)c(-c2ccccc2)c1[N+](=O)[O-]. The van der Waals surface area contributed by atoms with E-state index in [1.807, 2.05) is 0 Å². The normalized spacial score (nSPS) is 10.8. The van der Waals surface area contributed by atoms with E-state index in [0.29, 0.717) is 5.56 Å². The van der Waals surface area contributed by atoms with E-state index in [9.17, 15) is 25.3 Å². The van der Waals surface area contributed by atoms with Crippen LogP contribution in [0.4, 0.5) is 11.4 Å². The van der Waals surface area contributed by atoms with Gasteiger partial charge in [-0.15, -0.1) is 0 Å². The van der Waals surface area contributed by atoms with Crippen molar-refractivity contribution in [2.45, 2.75) is 0 Å². The molecule has 2 aromatic rings. The lowest BCUT2D eigenvalue weighted by Gasteiger charge is -2.11. The number of nitrogens with zero attached hydrogens (tertiary/aromatic N) is 3. The van der Waals surface area contributed by atoms with Gasteiger partial charge in [0, 0.05) is 5.56 Å². The Morgan fingerprint density at radius 3 is 2.21 bits per heavy atom. The molecule has 0 heterocycles. The Morgan fingerprint density at radius 1 is 1.12 bits per heavy atom. The van der Waals surface area contributed by atoms with Crippen LogP contribution in [0.25, 0.3) is 11.1 Å². The van der Waals surface area contributed by atoms with Gasteiger partial charge in [0.25, 0.3) is 0 Å². The van der Waals surface area contributed by atoms with Crippen LogP contribution < -0.4 is 0 Å². The number of nitro benzene ring substituents is 2. The van der Waals surface area contributed by atoms with Crippen molar-refractivity contribution in [3.8, 4) is 16.9 Å². The van der Waals surface area contributed by atoms with E-state index < -0.39 is 27.0 Å². The van der Waals surface area contributed by atoms with Crippen molar-refractivity contribution in [2.75, 3.05) is 0 Å². The molecule has 0 aliphatic heterocycles. The third-order valence-corrected chi connectivity index (χ3v) is 4.02. The molecule has 0 aliphatic carbocycles. The first-order chi connectivity index (χ1) is 11.4. The predicted molar refractivity (Wildman–Crippen MR) is 92.2 cm³/mol. The number of rotatable bonds is 5. The number of phenolic OH excluding ortho intramolecular Hbond substituents is 1. The van der Waals surface area contributed by atoms with E-state index in [2.05, 4.69) is 41.3 Å². The van der Waals surface area contributed by atoms with Crippen LogP contribution in [-0.2, 0) is 3.93 Å². The molecule has 0 saturated heterocycles. The molecule has 1 N–H and O–H groups in total. The fourth-order valence-corrected chi connectivity index (χ4v) is 2.71. The van der Waals surface area contributed by atoms with Gasteiger partial charge in [0.1, 0.15) is 0 Å². The zero-order valence-corrected chi connectivity index (χ0v) is 14.7. The van der Waals surface area contributed by atoms with Crippen LogP contribution >= 0.6 is 32.2 Å². The molecule has 0 aliphatic rings. The number of hydrogen-bond donors (Lipinski definition) is 1. The molecule has 2 rings (SSSR count). The number of halogens is 2. The van der Waals surface area contributed by atoms with Gasteiger partial charge < -0.3 is 9.04 Å².